The minimum Gasteiger partial charge on any atom is -0.481 e. The maximum absolute atomic E-state index is 14.2. The van der Waals surface area contributed by atoms with Crippen molar-refractivity contribution in [2.24, 2.45) is 17.6 Å². The lowest BCUT2D eigenvalue weighted by Crippen LogP contribution is -2.60. The van der Waals surface area contributed by atoms with Crippen LogP contribution in [0.5, 0.6) is 0 Å². The molecule has 0 aliphatic rings. The van der Waals surface area contributed by atoms with E-state index in [9.17, 15) is 43.1 Å². The summed E-state index contributed by atoms with van der Waals surface area (Å²) in [4.78, 5) is 86.1. The van der Waals surface area contributed by atoms with E-state index >= 15 is 0 Å². The third-order valence-electron chi connectivity index (χ3n) is 6.64. The van der Waals surface area contributed by atoms with Crippen molar-refractivity contribution >= 4 is 53.1 Å². The molecule has 1 rings (SSSR count). The van der Waals surface area contributed by atoms with Gasteiger partial charge in [-0.1, -0.05) is 45.4 Å². The lowest BCUT2D eigenvalue weighted by Gasteiger charge is -2.28. The molecule has 256 valence electrons. The lowest BCUT2D eigenvalue weighted by molar-refractivity contribution is -0.147. The summed E-state index contributed by atoms with van der Waals surface area (Å²) in [7, 11) is 0. The fraction of sp³-hybridized carbons (Fsp3) is 0.552. The zero-order valence-corrected chi connectivity index (χ0v) is 26.6. The van der Waals surface area contributed by atoms with E-state index in [0.717, 1.165) is 6.07 Å². The highest BCUT2D eigenvalue weighted by Crippen LogP contribution is 2.17. The van der Waals surface area contributed by atoms with E-state index in [-0.39, 0.29) is 42.2 Å². The molecule has 0 spiro atoms. The van der Waals surface area contributed by atoms with E-state index in [1.54, 1.807) is 27.7 Å². The number of hydrogen-bond donors (Lipinski definition) is 8. The Morgan fingerprint density at radius 3 is 1.87 bits per heavy atom. The van der Waals surface area contributed by atoms with Crippen molar-refractivity contribution in [3.8, 4) is 0 Å². The zero-order valence-electron chi connectivity index (χ0n) is 25.8. The van der Waals surface area contributed by atoms with Crippen molar-refractivity contribution in [3.05, 3.63) is 34.6 Å². The molecule has 15 nitrogen and oxygen atoms in total. The summed E-state index contributed by atoms with van der Waals surface area (Å²) in [5, 5.41) is 36.6. The molecule has 46 heavy (non-hydrogen) atoms. The van der Waals surface area contributed by atoms with E-state index in [1.807, 2.05) is 0 Å². The first-order chi connectivity index (χ1) is 21.3. The SMILES string of the molecule is CC(C)C[C@H](NC(=O)[C@@H](NC(=O)[C@@H](N)CCC(=O)O)C(C)C)C(=O)N[C@@H](Cc1ccc(Cl)c(F)c1)C(=O)N[C@@H](CC(=O)O)C(=O)O. The second-order valence-corrected chi connectivity index (χ2v) is 11.9. The maximum Gasteiger partial charge on any atom is 0.326 e. The van der Waals surface area contributed by atoms with Crippen molar-refractivity contribution in [1.82, 2.24) is 21.3 Å². The van der Waals surface area contributed by atoms with Crippen LogP contribution in [0.2, 0.25) is 5.02 Å². The van der Waals surface area contributed by atoms with Crippen LogP contribution in [0, 0.1) is 17.7 Å². The van der Waals surface area contributed by atoms with Crippen LogP contribution in [0.4, 0.5) is 4.39 Å². The second-order valence-electron chi connectivity index (χ2n) is 11.5. The molecule has 0 aromatic heterocycles. The minimum atomic E-state index is -1.85. The zero-order chi connectivity index (χ0) is 35.3. The molecule has 0 saturated heterocycles. The fourth-order valence-corrected chi connectivity index (χ4v) is 4.32. The van der Waals surface area contributed by atoms with Crippen LogP contribution in [-0.2, 0) is 40.0 Å². The van der Waals surface area contributed by atoms with Gasteiger partial charge in [0.15, 0.2) is 0 Å². The summed E-state index contributed by atoms with van der Waals surface area (Å²) in [5.74, 6) is -9.34. The molecule has 0 unspecified atom stereocenters. The van der Waals surface area contributed by atoms with Crippen LogP contribution in [0.25, 0.3) is 0 Å². The lowest BCUT2D eigenvalue weighted by atomic mass is 9.98. The van der Waals surface area contributed by atoms with Crippen molar-refractivity contribution < 1.29 is 53.3 Å². The summed E-state index contributed by atoms with van der Waals surface area (Å²) in [6.45, 7) is 6.73. The molecule has 0 heterocycles. The largest absolute Gasteiger partial charge is 0.481 e. The number of halogens is 2. The molecular weight excluding hydrogens is 633 g/mol. The van der Waals surface area contributed by atoms with Crippen LogP contribution in [0.15, 0.2) is 18.2 Å². The number of carbonyl (C=O) groups excluding carboxylic acids is 4. The first-order valence-electron chi connectivity index (χ1n) is 14.4. The summed E-state index contributed by atoms with van der Waals surface area (Å²) >= 11 is 5.74. The number of nitrogens with one attached hydrogen (secondary N) is 4. The standard InChI is InChI=1S/C29H41ClFN5O10/c1-13(2)9-19(34-28(44)24(14(3)4)36-25(41)18(32)7-8-22(37)38)26(42)33-20(11-15-5-6-16(30)17(31)10-15)27(43)35-21(29(45)46)12-23(39)40/h5-6,10,13-14,18-21,24H,7-9,11-12,32H2,1-4H3,(H,33,42)(H,34,44)(H,35,43)(H,36,41)(H,37,38)(H,39,40)(H,45,46)/t18-,19-,20-,21-,24-/m0/s1. The second kappa shape index (κ2) is 18.6. The first-order valence-corrected chi connectivity index (χ1v) is 14.8. The highest BCUT2D eigenvalue weighted by atomic mass is 35.5. The quantitative estimate of drug-likeness (QED) is 0.0998. The van der Waals surface area contributed by atoms with Gasteiger partial charge in [-0.15, -0.1) is 0 Å². The van der Waals surface area contributed by atoms with Gasteiger partial charge in [0.05, 0.1) is 17.5 Å². The van der Waals surface area contributed by atoms with E-state index in [0.29, 0.717) is 0 Å². The van der Waals surface area contributed by atoms with Gasteiger partial charge in [0.25, 0.3) is 0 Å². The maximum atomic E-state index is 14.2. The highest BCUT2D eigenvalue weighted by molar-refractivity contribution is 6.30. The Balaban J connectivity index is 3.29. The molecule has 0 fully saturated rings. The molecular formula is C29H41ClFN5O10. The molecule has 4 amide bonds. The molecule has 0 radical (unpaired) electrons. The number of amides is 4. The van der Waals surface area contributed by atoms with Gasteiger partial charge in [-0.2, -0.15) is 0 Å². The molecule has 9 N–H and O–H groups in total. The monoisotopic (exact) mass is 673 g/mol. The van der Waals surface area contributed by atoms with Gasteiger partial charge in [-0.3, -0.25) is 28.8 Å². The minimum absolute atomic E-state index is 0.0507. The summed E-state index contributed by atoms with van der Waals surface area (Å²) < 4.78 is 14.2. The van der Waals surface area contributed by atoms with Gasteiger partial charge in [0.2, 0.25) is 23.6 Å². The molecule has 0 aliphatic heterocycles. The Bertz CT molecular complexity index is 1290. The van der Waals surface area contributed by atoms with Gasteiger partial charge >= 0.3 is 17.9 Å². The smallest absolute Gasteiger partial charge is 0.326 e. The number of rotatable bonds is 19. The van der Waals surface area contributed by atoms with E-state index in [1.165, 1.54) is 12.1 Å². The normalized spacial score (nSPS) is 14.4. The predicted octanol–water partition coefficient (Wildman–Crippen LogP) is 0.414. The van der Waals surface area contributed by atoms with Crippen molar-refractivity contribution in [2.75, 3.05) is 0 Å². The molecule has 5 atom stereocenters. The number of carboxylic acid groups (broad SMARTS) is 3. The van der Waals surface area contributed by atoms with Gasteiger partial charge < -0.3 is 42.3 Å². The third kappa shape index (κ3) is 13.8. The first kappa shape index (κ1) is 39.7. The summed E-state index contributed by atoms with van der Waals surface area (Å²) in [5.41, 5.74) is 5.94. The van der Waals surface area contributed by atoms with Gasteiger partial charge in [0, 0.05) is 12.8 Å². The van der Waals surface area contributed by atoms with E-state index < -0.39 is 89.9 Å². The van der Waals surface area contributed by atoms with Crippen LogP contribution in [0.1, 0.15) is 58.9 Å². The van der Waals surface area contributed by atoms with Crippen molar-refractivity contribution in [2.45, 2.75) is 90.0 Å². The average molecular weight is 674 g/mol. The molecule has 1 aromatic carbocycles. The van der Waals surface area contributed by atoms with Gasteiger partial charge in [0.1, 0.15) is 30.0 Å². The Kier molecular flexibility index (Phi) is 16.1. The molecule has 0 saturated carbocycles. The van der Waals surface area contributed by atoms with Crippen molar-refractivity contribution in [3.63, 3.8) is 0 Å². The van der Waals surface area contributed by atoms with Gasteiger partial charge in [-0.25, -0.2) is 9.18 Å². The third-order valence-corrected chi connectivity index (χ3v) is 6.95. The Labute approximate surface area is 269 Å². The number of carboxylic acids is 3. The summed E-state index contributed by atoms with van der Waals surface area (Å²) in [6.07, 6.45) is -1.83. The number of hydrogen-bond acceptors (Lipinski definition) is 8. The van der Waals surface area contributed by atoms with Crippen LogP contribution >= 0.6 is 11.6 Å². The van der Waals surface area contributed by atoms with Crippen LogP contribution < -0.4 is 27.0 Å². The topological polar surface area (TPSA) is 254 Å². The van der Waals surface area contributed by atoms with Crippen molar-refractivity contribution in [1.29, 1.82) is 0 Å². The molecule has 0 bridgehead atoms. The number of carbonyl (C=O) groups is 7. The molecule has 17 heteroatoms. The fourth-order valence-electron chi connectivity index (χ4n) is 4.20. The Hall–Kier alpha value is -4.31. The van der Waals surface area contributed by atoms with E-state index in [2.05, 4.69) is 21.3 Å². The van der Waals surface area contributed by atoms with Crippen LogP contribution in [0.3, 0.4) is 0 Å². The number of benzene rings is 1. The van der Waals surface area contributed by atoms with E-state index in [4.69, 9.17) is 27.5 Å². The molecule has 0 aliphatic carbocycles. The Morgan fingerprint density at radius 1 is 0.804 bits per heavy atom. The highest BCUT2D eigenvalue weighted by Gasteiger charge is 2.33. The predicted molar refractivity (Wildman–Crippen MR) is 162 cm³/mol. The number of nitrogens with two attached hydrogens (primary N) is 1. The van der Waals surface area contributed by atoms with Gasteiger partial charge in [-0.05, 0) is 42.4 Å². The number of aliphatic carboxylic acids is 3. The Morgan fingerprint density at radius 2 is 1.37 bits per heavy atom. The average Bonchev–Trinajstić information content (AvgIpc) is 2.94. The summed E-state index contributed by atoms with van der Waals surface area (Å²) in [6, 6.07) is -3.50. The molecule has 1 aromatic rings. The van der Waals surface area contributed by atoms with Crippen LogP contribution in [-0.4, -0.2) is 87.1 Å².